The van der Waals surface area contributed by atoms with E-state index in [2.05, 4.69) is 15.5 Å². The summed E-state index contributed by atoms with van der Waals surface area (Å²) in [4.78, 5) is 0. The van der Waals surface area contributed by atoms with Gasteiger partial charge >= 0.3 is 0 Å². The number of sulfone groups is 1. The Morgan fingerprint density at radius 1 is 1.30 bits per heavy atom. The molecule has 1 aliphatic heterocycles. The van der Waals surface area contributed by atoms with Crippen LogP contribution in [0.5, 0.6) is 0 Å². The highest BCUT2D eigenvalue weighted by molar-refractivity contribution is 7.91. The monoisotopic (exact) mass is 293 g/mol. The predicted molar refractivity (Wildman–Crippen MR) is 75.2 cm³/mol. The molecule has 0 bridgehead atoms. The number of hydrogen-bond donors (Lipinski definition) is 1. The van der Waals surface area contributed by atoms with E-state index in [1.165, 1.54) is 0 Å². The maximum atomic E-state index is 11.5. The number of anilines is 1. The van der Waals surface area contributed by atoms with Crippen molar-refractivity contribution in [3.8, 4) is 11.5 Å². The maximum Gasteiger partial charge on any atom is 0.249 e. The van der Waals surface area contributed by atoms with Gasteiger partial charge in [0.25, 0.3) is 0 Å². The smallest absolute Gasteiger partial charge is 0.249 e. The predicted octanol–water partition coefficient (Wildman–Crippen LogP) is 1.64. The van der Waals surface area contributed by atoms with Gasteiger partial charge in [-0.1, -0.05) is 12.1 Å². The molecule has 0 saturated carbocycles. The number of hydrogen-bond acceptors (Lipinski definition) is 6. The van der Waals surface area contributed by atoms with E-state index in [0.29, 0.717) is 18.2 Å². The molecule has 20 heavy (non-hydrogen) atoms. The van der Waals surface area contributed by atoms with Crippen LogP contribution < -0.4 is 5.32 Å². The number of aryl methyl sites for hydroxylation is 1. The summed E-state index contributed by atoms with van der Waals surface area (Å²) in [5, 5.41) is 11.1. The molecule has 6 nitrogen and oxygen atoms in total. The van der Waals surface area contributed by atoms with Gasteiger partial charge in [-0.25, -0.2) is 8.42 Å². The maximum absolute atomic E-state index is 11.5. The van der Waals surface area contributed by atoms with E-state index in [1.807, 2.05) is 24.3 Å². The van der Waals surface area contributed by atoms with Gasteiger partial charge in [0.1, 0.15) is 0 Å². The minimum absolute atomic E-state index is 0.0647. The van der Waals surface area contributed by atoms with Gasteiger partial charge in [-0.05, 0) is 18.6 Å². The van der Waals surface area contributed by atoms with Crippen molar-refractivity contribution in [3.05, 3.63) is 30.2 Å². The summed E-state index contributed by atoms with van der Waals surface area (Å²) in [7, 11) is -2.90. The van der Waals surface area contributed by atoms with Gasteiger partial charge in [0.15, 0.2) is 9.84 Å². The SMILES string of the molecule is Cc1nnc(-c2ccccc2NC2CCS(=O)(=O)C2)o1. The van der Waals surface area contributed by atoms with Crippen molar-refractivity contribution in [2.45, 2.75) is 19.4 Å². The Kier molecular flexibility index (Phi) is 3.21. The number of benzene rings is 1. The quantitative estimate of drug-likeness (QED) is 0.926. The fraction of sp³-hybridized carbons (Fsp3) is 0.385. The van der Waals surface area contributed by atoms with Gasteiger partial charge in [-0.2, -0.15) is 0 Å². The first kappa shape index (κ1) is 13.1. The number of para-hydroxylation sites is 1. The number of nitrogens with one attached hydrogen (secondary N) is 1. The van der Waals surface area contributed by atoms with Crippen LogP contribution in [0.2, 0.25) is 0 Å². The number of rotatable bonds is 3. The van der Waals surface area contributed by atoms with Gasteiger partial charge < -0.3 is 9.73 Å². The summed E-state index contributed by atoms with van der Waals surface area (Å²) in [6, 6.07) is 7.47. The first-order valence-corrected chi connectivity index (χ1v) is 8.22. The Labute approximate surface area is 117 Å². The molecular weight excluding hydrogens is 278 g/mol. The molecular formula is C13H15N3O3S. The first-order valence-electron chi connectivity index (χ1n) is 6.40. The van der Waals surface area contributed by atoms with Crippen molar-refractivity contribution in [1.82, 2.24) is 10.2 Å². The van der Waals surface area contributed by atoms with Crippen molar-refractivity contribution < 1.29 is 12.8 Å². The van der Waals surface area contributed by atoms with Crippen molar-refractivity contribution >= 4 is 15.5 Å². The second kappa shape index (κ2) is 4.90. The van der Waals surface area contributed by atoms with Crippen LogP contribution in [0.4, 0.5) is 5.69 Å². The van der Waals surface area contributed by atoms with Gasteiger partial charge in [-0.15, -0.1) is 10.2 Å². The van der Waals surface area contributed by atoms with Crippen LogP contribution in [0.3, 0.4) is 0 Å². The molecule has 0 spiro atoms. The van der Waals surface area contributed by atoms with Gasteiger partial charge in [0, 0.05) is 18.7 Å². The molecule has 1 saturated heterocycles. The van der Waals surface area contributed by atoms with Crippen LogP contribution in [0.1, 0.15) is 12.3 Å². The van der Waals surface area contributed by atoms with E-state index in [4.69, 9.17) is 4.42 Å². The van der Waals surface area contributed by atoms with E-state index >= 15 is 0 Å². The molecule has 0 aliphatic carbocycles. The fourth-order valence-electron chi connectivity index (χ4n) is 2.33. The van der Waals surface area contributed by atoms with Crippen LogP contribution in [0.25, 0.3) is 11.5 Å². The van der Waals surface area contributed by atoms with E-state index in [0.717, 1.165) is 11.3 Å². The molecule has 1 aromatic carbocycles. The van der Waals surface area contributed by atoms with Crippen molar-refractivity contribution in [2.75, 3.05) is 16.8 Å². The largest absolute Gasteiger partial charge is 0.421 e. The lowest BCUT2D eigenvalue weighted by atomic mass is 10.1. The Bertz CT molecular complexity index is 724. The van der Waals surface area contributed by atoms with E-state index in [-0.39, 0.29) is 17.5 Å². The summed E-state index contributed by atoms with van der Waals surface area (Å²) in [6.07, 6.45) is 0.625. The third-order valence-corrected chi connectivity index (χ3v) is 5.04. The average Bonchev–Trinajstić information content (AvgIpc) is 2.96. The van der Waals surface area contributed by atoms with Crippen LogP contribution in [-0.2, 0) is 9.84 Å². The summed E-state index contributed by atoms with van der Waals surface area (Å²) >= 11 is 0. The van der Waals surface area contributed by atoms with Crippen LogP contribution >= 0.6 is 0 Å². The third kappa shape index (κ3) is 2.67. The molecule has 1 fully saturated rings. The van der Waals surface area contributed by atoms with E-state index < -0.39 is 9.84 Å². The van der Waals surface area contributed by atoms with E-state index in [9.17, 15) is 8.42 Å². The van der Waals surface area contributed by atoms with Crippen LogP contribution in [0, 0.1) is 6.92 Å². The van der Waals surface area contributed by atoms with E-state index in [1.54, 1.807) is 6.92 Å². The molecule has 1 atom stereocenters. The van der Waals surface area contributed by atoms with Gasteiger partial charge in [-0.3, -0.25) is 0 Å². The Balaban J connectivity index is 1.87. The third-order valence-electron chi connectivity index (χ3n) is 3.28. The summed E-state index contributed by atoms with van der Waals surface area (Å²) in [6.45, 7) is 1.73. The molecule has 7 heteroatoms. The summed E-state index contributed by atoms with van der Waals surface area (Å²) in [5.74, 6) is 1.35. The molecule has 0 amide bonds. The highest BCUT2D eigenvalue weighted by Crippen LogP contribution is 2.28. The summed E-state index contributed by atoms with van der Waals surface area (Å²) < 4.78 is 28.5. The molecule has 3 rings (SSSR count). The zero-order valence-corrected chi connectivity index (χ0v) is 11.9. The molecule has 106 valence electrons. The Morgan fingerprint density at radius 3 is 2.75 bits per heavy atom. The van der Waals surface area contributed by atoms with Gasteiger partial charge in [0.2, 0.25) is 11.8 Å². The fourth-order valence-corrected chi connectivity index (χ4v) is 4.00. The van der Waals surface area contributed by atoms with Crippen molar-refractivity contribution in [2.24, 2.45) is 0 Å². The lowest BCUT2D eigenvalue weighted by molar-refractivity contribution is 0.533. The van der Waals surface area contributed by atoms with Crippen molar-refractivity contribution in [3.63, 3.8) is 0 Å². The van der Waals surface area contributed by atoms with Crippen LogP contribution in [-0.4, -0.2) is 36.2 Å². The average molecular weight is 293 g/mol. The molecule has 1 unspecified atom stereocenters. The van der Waals surface area contributed by atoms with Crippen molar-refractivity contribution in [1.29, 1.82) is 0 Å². The minimum Gasteiger partial charge on any atom is -0.421 e. The first-order chi connectivity index (χ1) is 9.53. The van der Waals surface area contributed by atoms with Gasteiger partial charge in [0.05, 0.1) is 17.1 Å². The summed E-state index contributed by atoms with van der Waals surface area (Å²) in [5.41, 5.74) is 1.61. The second-order valence-electron chi connectivity index (χ2n) is 4.92. The molecule has 1 aromatic heterocycles. The molecule has 1 N–H and O–H groups in total. The molecule has 0 radical (unpaired) electrons. The molecule has 2 heterocycles. The second-order valence-corrected chi connectivity index (χ2v) is 7.14. The van der Waals surface area contributed by atoms with Crippen LogP contribution in [0.15, 0.2) is 28.7 Å². The number of nitrogens with zero attached hydrogens (tertiary/aromatic N) is 2. The number of aromatic nitrogens is 2. The topological polar surface area (TPSA) is 85.1 Å². The minimum atomic E-state index is -2.90. The lowest BCUT2D eigenvalue weighted by Gasteiger charge is -2.14. The zero-order valence-electron chi connectivity index (χ0n) is 11.0. The highest BCUT2D eigenvalue weighted by atomic mass is 32.2. The molecule has 1 aliphatic rings. The Morgan fingerprint density at radius 2 is 2.10 bits per heavy atom. The normalized spacial score (nSPS) is 20.9. The Hall–Kier alpha value is -1.89. The lowest BCUT2D eigenvalue weighted by Crippen LogP contribution is -2.20. The molecule has 2 aromatic rings. The highest BCUT2D eigenvalue weighted by Gasteiger charge is 2.28. The zero-order chi connectivity index (χ0) is 14.2. The standard InChI is InChI=1S/C13H15N3O3S/c1-9-15-16-13(19-9)11-4-2-3-5-12(11)14-10-6-7-20(17,18)8-10/h2-5,10,14H,6-8H2,1H3.